The highest BCUT2D eigenvalue weighted by atomic mass is 35.5. The molecule has 2 rings (SSSR count). The summed E-state index contributed by atoms with van der Waals surface area (Å²) in [5.41, 5.74) is 1.55. The fourth-order valence-corrected chi connectivity index (χ4v) is 2.42. The number of benzene rings is 2. The normalized spacial score (nSPS) is 12.8. The first-order chi connectivity index (χ1) is 12.3. The van der Waals surface area contributed by atoms with Gasteiger partial charge >= 0.3 is 12.1 Å². The molecule has 2 aromatic rings. The quantitative estimate of drug-likeness (QED) is 0.513. The summed E-state index contributed by atoms with van der Waals surface area (Å²) in [5.74, 6) is -0.0705. The Morgan fingerprint density at radius 2 is 1.50 bits per heavy atom. The molecular weight excluding hydrogens is 356 g/mol. The Morgan fingerprint density at radius 1 is 0.923 bits per heavy atom. The number of aryl methyl sites for hydroxylation is 1. The molecule has 0 spiro atoms. The van der Waals surface area contributed by atoms with Crippen LogP contribution in [-0.4, -0.2) is 24.3 Å². The molecule has 5 nitrogen and oxygen atoms in total. The maximum absolute atomic E-state index is 12.1. The van der Waals surface area contributed by atoms with Crippen LogP contribution in [-0.2, 0) is 9.47 Å². The van der Waals surface area contributed by atoms with Crippen LogP contribution in [0.3, 0.4) is 0 Å². The van der Waals surface area contributed by atoms with E-state index in [1.165, 1.54) is 0 Å². The highest BCUT2D eigenvalue weighted by molar-refractivity contribution is 6.30. The minimum Gasteiger partial charge on any atom is -0.459 e. The third-order valence-electron chi connectivity index (χ3n) is 3.57. The summed E-state index contributed by atoms with van der Waals surface area (Å²) < 4.78 is 15.6. The van der Waals surface area contributed by atoms with Crippen molar-refractivity contribution in [2.45, 2.75) is 39.4 Å². The van der Waals surface area contributed by atoms with E-state index in [2.05, 4.69) is 0 Å². The van der Waals surface area contributed by atoms with Crippen LogP contribution in [0.2, 0.25) is 5.02 Å². The Kier molecular flexibility index (Phi) is 7.04. The molecule has 2 unspecified atom stereocenters. The molecule has 0 heterocycles. The molecule has 0 fully saturated rings. The van der Waals surface area contributed by atoms with Gasteiger partial charge in [-0.25, -0.2) is 9.59 Å². The number of esters is 1. The number of carbonyl (C=O) groups is 2. The van der Waals surface area contributed by atoms with Gasteiger partial charge < -0.3 is 14.2 Å². The lowest BCUT2D eigenvalue weighted by Gasteiger charge is -2.18. The standard InChI is InChI=1S/C20H21ClO5/c1-13-4-6-16(7-5-13)19(22)24-14(2)12-15(3)25-20(23)26-18-10-8-17(21)9-11-18/h4-11,14-15H,12H2,1-3H3. The van der Waals surface area contributed by atoms with E-state index < -0.39 is 24.3 Å². The third-order valence-corrected chi connectivity index (χ3v) is 3.82. The topological polar surface area (TPSA) is 61.8 Å². The summed E-state index contributed by atoms with van der Waals surface area (Å²) in [5, 5.41) is 0.545. The summed E-state index contributed by atoms with van der Waals surface area (Å²) in [6.07, 6.45) is -1.36. The van der Waals surface area contributed by atoms with E-state index in [-0.39, 0.29) is 0 Å². The fraction of sp³-hybridized carbons (Fsp3) is 0.300. The minimum absolute atomic E-state index is 0.338. The van der Waals surface area contributed by atoms with Gasteiger partial charge in [-0.3, -0.25) is 0 Å². The van der Waals surface area contributed by atoms with Gasteiger partial charge in [-0.05, 0) is 57.2 Å². The van der Waals surface area contributed by atoms with Gasteiger partial charge in [-0.15, -0.1) is 0 Å². The zero-order valence-corrected chi connectivity index (χ0v) is 15.7. The van der Waals surface area contributed by atoms with Gasteiger partial charge in [0.05, 0.1) is 5.56 Å². The largest absolute Gasteiger partial charge is 0.514 e. The molecule has 0 aliphatic rings. The molecule has 0 N–H and O–H groups in total. The van der Waals surface area contributed by atoms with Crippen molar-refractivity contribution in [2.24, 2.45) is 0 Å². The number of hydrogen-bond acceptors (Lipinski definition) is 5. The molecule has 0 saturated carbocycles. The van der Waals surface area contributed by atoms with E-state index >= 15 is 0 Å². The number of halogens is 1. The molecule has 0 saturated heterocycles. The number of carbonyl (C=O) groups excluding carboxylic acids is 2. The molecule has 0 radical (unpaired) electrons. The Hall–Kier alpha value is -2.53. The number of ether oxygens (including phenoxy) is 3. The molecule has 2 atom stereocenters. The predicted molar refractivity (Wildman–Crippen MR) is 98.7 cm³/mol. The van der Waals surface area contributed by atoms with Crippen LogP contribution in [0.1, 0.15) is 36.2 Å². The van der Waals surface area contributed by atoms with E-state index in [1.54, 1.807) is 50.2 Å². The summed E-state index contributed by atoms with van der Waals surface area (Å²) in [4.78, 5) is 23.9. The van der Waals surface area contributed by atoms with Crippen molar-refractivity contribution < 1.29 is 23.8 Å². The maximum Gasteiger partial charge on any atom is 0.514 e. The van der Waals surface area contributed by atoms with Gasteiger partial charge in [0.2, 0.25) is 0 Å². The van der Waals surface area contributed by atoms with E-state index in [4.69, 9.17) is 25.8 Å². The Bertz CT molecular complexity index is 740. The van der Waals surface area contributed by atoms with Crippen LogP contribution in [0.5, 0.6) is 5.75 Å². The van der Waals surface area contributed by atoms with Crippen LogP contribution in [0, 0.1) is 6.92 Å². The molecule has 6 heteroatoms. The Labute approximate surface area is 157 Å². The average molecular weight is 377 g/mol. The zero-order valence-electron chi connectivity index (χ0n) is 14.9. The van der Waals surface area contributed by atoms with Gasteiger partial charge in [0.25, 0.3) is 0 Å². The van der Waals surface area contributed by atoms with Crippen LogP contribution >= 0.6 is 11.6 Å². The molecule has 0 aliphatic heterocycles. The second-order valence-corrected chi connectivity index (χ2v) is 6.49. The van der Waals surface area contributed by atoms with Crippen molar-refractivity contribution in [1.29, 1.82) is 0 Å². The lowest BCUT2D eigenvalue weighted by molar-refractivity contribution is 0.0124. The summed E-state index contributed by atoms with van der Waals surface area (Å²) in [7, 11) is 0. The first-order valence-electron chi connectivity index (χ1n) is 8.25. The van der Waals surface area contributed by atoms with Crippen molar-refractivity contribution in [3.63, 3.8) is 0 Å². The maximum atomic E-state index is 12.1. The van der Waals surface area contributed by atoms with E-state index in [1.807, 2.05) is 19.1 Å². The summed E-state index contributed by atoms with van der Waals surface area (Å²) in [6.45, 7) is 5.40. The van der Waals surface area contributed by atoms with Crippen molar-refractivity contribution in [3.8, 4) is 5.75 Å². The highest BCUT2D eigenvalue weighted by Crippen LogP contribution is 2.17. The first kappa shape index (κ1) is 19.8. The van der Waals surface area contributed by atoms with Gasteiger partial charge in [0.1, 0.15) is 18.0 Å². The Morgan fingerprint density at radius 3 is 2.12 bits per heavy atom. The summed E-state index contributed by atoms with van der Waals surface area (Å²) >= 11 is 5.77. The monoisotopic (exact) mass is 376 g/mol. The van der Waals surface area contributed by atoms with Gasteiger partial charge in [-0.1, -0.05) is 29.3 Å². The molecule has 0 amide bonds. The molecule has 0 aliphatic carbocycles. The minimum atomic E-state index is -0.822. The van der Waals surface area contributed by atoms with E-state index in [9.17, 15) is 9.59 Å². The molecule has 0 aromatic heterocycles. The second kappa shape index (κ2) is 9.25. The Balaban J connectivity index is 1.77. The van der Waals surface area contributed by atoms with Crippen LogP contribution in [0.25, 0.3) is 0 Å². The molecule has 0 bridgehead atoms. The average Bonchev–Trinajstić information content (AvgIpc) is 2.57. The fourth-order valence-electron chi connectivity index (χ4n) is 2.29. The molecule has 138 valence electrons. The second-order valence-electron chi connectivity index (χ2n) is 6.05. The van der Waals surface area contributed by atoms with Crippen LogP contribution < -0.4 is 4.74 Å². The number of hydrogen-bond donors (Lipinski definition) is 0. The van der Waals surface area contributed by atoms with Gasteiger partial charge in [0, 0.05) is 11.4 Å². The highest BCUT2D eigenvalue weighted by Gasteiger charge is 2.18. The SMILES string of the molecule is Cc1ccc(C(=O)OC(C)CC(C)OC(=O)Oc2ccc(Cl)cc2)cc1. The smallest absolute Gasteiger partial charge is 0.459 e. The van der Waals surface area contributed by atoms with Crippen LogP contribution in [0.4, 0.5) is 4.79 Å². The molecule has 26 heavy (non-hydrogen) atoms. The number of rotatable bonds is 6. The summed E-state index contributed by atoms with van der Waals surface area (Å²) in [6, 6.07) is 13.5. The van der Waals surface area contributed by atoms with Gasteiger partial charge in [0.15, 0.2) is 0 Å². The van der Waals surface area contributed by atoms with Crippen LogP contribution in [0.15, 0.2) is 48.5 Å². The first-order valence-corrected chi connectivity index (χ1v) is 8.63. The van der Waals surface area contributed by atoms with E-state index in [0.717, 1.165) is 5.56 Å². The predicted octanol–water partition coefficient (Wildman–Crippen LogP) is 5.19. The van der Waals surface area contributed by atoms with Crippen molar-refractivity contribution in [2.75, 3.05) is 0 Å². The molecule has 2 aromatic carbocycles. The van der Waals surface area contributed by atoms with E-state index in [0.29, 0.717) is 22.8 Å². The lowest BCUT2D eigenvalue weighted by Crippen LogP contribution is -2.25. The van der Waals surface area contributed by atoms with Crippen molar-refractivity contribution in [3.05, 3.63) is 64.7 Å². The third kappa shape index (κ3) is 6.41. The lowest BCUT2D eigenvalue weighted by atomic mass is 10.1. The van der Waals surface area contributed by atoms with Gasteiger partial charge in [-0.2, -0.15) is 0 Å². The molecular formula is C20H21ClO5. The van der Waals surface area contributed by atoms with Crippen molar-refractivity contribution in [1.82, 2.24) is 0 Å². The van der Waals surface area contributed by atoms with Crippen molar-refractivity contribution >= 4 is 23.7 Å². The zero-order chi connectivity index (χ0) is 19.1.